The molecule has 114 valence electrons. The number of carbonyl (C=O) groups is 1. The van der Waals surface area contributed by atoms with E-state index in [1.807, 2.05) is 18.2 Å². The SMILES string of the molecule is Cc1cc(C(N)=O)ccc1CN(C)C1CC2CCC(C1)N2. The molecule has 0 saturated carbocycles. The number of primary amides is 1. The van der Waals surface area contributed by atoms with Gasteiger partial charge in [-0.25, -0.2) is 0 Å². The largest absolute Gasteiger partial charge is 0.366 e. The van der Waals surface area contributed by atoms with Crippen molar-refractivity contribution < 1.29 is 4.79 Å². The van der Waals surface area contributed by atoms with Gasteiger partial charge in [-0.05, 0) is 62.9 Å². The third kappa shape index (κ3) is 3.11. The molecule has 0 aliphatic carbocycles. The van der Waals surface area contributed by atoms with Crippen LogP contribution in [-0.2, 0) is 6.54 Å². The lowest BCUT2D eigenvalue weighted by Gasteiger charge is -2.35. The van der Waals surface area contributed by atoms with Gasteiger partial charge in [-0.15, -0.1) is 0 Å². The Labute approximate surface area is 126 Å². The number of amides is 1. The number of carbonyl (C=O) groups excluding carboxylic acids is 1. The zero-order chi connectivity index (χ0) is 15.0. The van der Waals surface area contributed by atoms with Gasteiger partial charge in [-0.1, -0.05) is 6.07 Å². The van der Waals surface area contributed by atoms with Crippen molar-refractivity contribution in [1.82, 2.24) is 10.2 Å². The summed E-state index contributed by atoms with van der Waals surface area (Å²) in [5.41, 5.74) is 8.36. The molecular formula is C17H25N3O. The van der Waals surface area contributed by atoms with E-state index in [2.05, 4.69) is 24.2 Å². The smallest absolute Gasteiger partial charge is 0.248 e. The van der Waals surface area contributed by atoms with Crippen LogP contribution < -0.4 is 11.1 Å². The number of benzene rings is 1. The summed E-state index contributed by atoms with van der Waals surface area (Å²) in [7, 11) is 2.22. The molecule has 2 aliphatic heterocycles. The minimum atomic E-state index is -0.354. The Hall–Kier alpha value is -1.39. The molecule has 3 rings (SSSR count). The fourth-order valence-corrected chi connectivity index (χ4v) is 3.81. The molecule has 21 heavy (non-hydrogen) atoms. The highest BCUT2D eigenvalue weighted by atomic mass is 16.1. The van der Waals surface area contributed by atoms with Crippen LogP contribution in [0.1, 0.15) is 47.2 Å². The van der Waals surface area contributed by atoms with Gasteiger partial charge in [-0.3, -0.25) is 9.69 Å². The highest BCUT2D eigenvalue weighted by Crippen LogP contribution is 2.30. The highest BCUT2D eigenvalue weighted by Gasteiger charge is 2.34. The second-order valence-corrected chi connectivity index (χ2v) is 6.68. The molecule has 0 aromatic heterocycles. The summed E-state index contributed by atoms with van der Waals surface area (Å²) in [5.74, 6) is -0.354. The zero-order valence-corrected chi connectivity index (χ0v) is 12.9. The molecule has 4 nitrogen and oxygen atoms in total. The Morgan fingerprint density at radius 3 is 2.57 bits per heavy atom. The van der Waals surface area contributed by atoms with Crippen molar-refractivity contribution in [3.05, 3.63) is 34.9 Å². The summed E-state index contributed by atoms with van der Waals surface area (Å²) in [6.07, 6.45) is 5.18. The summed E-state index contributed by atoms with van der Waals surface area (Å²) in [5, 5.41) is 3.69. The first-order valence-electron chi connectivity index (χ1n) is 7.88. The standard InChI is InChI=1S/C17H25N3O/c1-11-7-12(17(18)21)3-4-13(11)10-20(2)16-8-14-5-6-15(9-16)19-14/h3-4,7,14-16,19H,5-6,8-10H2,1-2H3,(H2,18,21). The number of hydrogen-bond acceptors (Lipinski definition) is 3. The molecule has 2 fully saturated rings. The first kappa shape index (κ1) is 14.5. The molecule has 2 atom stereocenters. The summed E-state index contributed by atoms with van der Waals surface area (Å²) < 4.78 is 0. The van der Waals surface area contributed by atoms with Crippen LogP contribution in [-0.4, -0.2) is 36.0 Å². The van der Waals surface area contributed by atoms with Gasteiger partial charge in [0, 0.05) is 30.2 Å². The topological polar surface area (TPSA) is 58.4 Å². The highest BCUT2D eigenvalue weighted by molar-refractivity contribution is 5.93. The quantitative estimate of drug-likeness (QED) is 0.888. The summed E-state index contributed by atoms with van der Waals surface area (Å²) >= 11 is 0. The Bertz CT molecular complexity index is 531. The fourth-order valence-electron chi connectivity index (χ4n) is 3.81. The second-order valence-electron chi connectivity index (χ2n) is 6.68. The molecule has 2 unspecified atom stereocenters. The van der Waals surface area contributed by atoms with Crippen LogP contribution in [0.15, 0.2) is 18.2 Å². The van der Waals surface area contributed by atoms with Crippen molar-refractivity contribution >= 4 is 5.91 Å². The third-order valence-corrected chi connectivity index (χ3v) is 5.12. The van der Waals surface area contributed by atoms with E-state index in [4.69, 9.17) is 5.73 Å². The molecule has 1 amide bonds. The van der Waals surface area contributed by atoms with Crippen LogP contribution in [0.3, 0.4) is 0 Å². The lowest BCUT2D eigenvalue weighted by atomic mass is 9.97. The molecule has 4 heteroatoms. The number of aryl methyl sites for hydroxylation is 1. The van der Waals surface area contributed by atoms with Crippen LogP contribution in [0, 0.1) is 6.92 Å². The van der Waals surface area contributed by atoms with Crippen LogP contribution in [0.4, 0.5) is 0 Å². The lowest BCUT2D eigenvalue weighted by molar-refractivity contribution is 0.1000. The average molecular weight is 287 g/mol. The molecule has 3 N–H and O–H groups in total. The van der Waals surface area contributed by atoms with Crippen molar-refractivity contribution in [2.24, 2.45) is 5.73 Å². The van der Waals surface area contributed by atoms with E-state index in [9.17, 15) is 4.79 Å². The average Bonchev–Trinajstić information content (AvgIpc) is 2.79. The van der Waals surface area contributed by atoms with Gasteiger partial charge < -0.3 is 11.1 Å². The minimum Gasteiger partial charge on any atom is -0.366 e. The van der Waals surface area contributed by atoms with Crippen molar-refractivity contribution in [3.8, 4) is 0 Å². The number of hydrogen-bond donors (Lipinski definition) is 2. The monoisotopic (exact) mass is 287 g/mol. The van der Waals surface area contributed by atoms with Crippen LogP contribution in [0.5, 0.6) is 0 Å². The van der Waals surface area contributed by atoms with Gasteiger partial charge in [0.2, 0.25) is 5.91 Å². The second kappa shape index (κ2) is 5.78. The third-order valence-electron chi connectivity index (χ3n) is 5.12. The summed E-state index contributed by atoms with van der Waals surface area (Å²) in [6.45, 7) is 3.00. The van der Waals surface area contributed by atoms with Crippen LogP contribution in [0.25, 0.3) is 0 Å². The van der Waals surface area contributed by atoms with Crippen molar-refractivity contribution in [2.75, 3.05) is 7.05 Å². The molecule has 1 aromatic rings. The number of fused-ring (bicyclic) bond motifs is 2. The van der Waals surface area contributed by atoms with Gasteiger partial charge in [0.05, 0.1) is 0 Å². The Kier molecular flexibility index (Phi) is 4.00. The summed E-state index contributed by atoms with van der Waals surface area (Å²) in [4.78, 5) is 13.7. The lowest BCUT2D eigenvalue weighted by Crippen LogP contribution is -2.46. The number of piperidine rings is 1. The maximum Gasteiger partial charge on any atom is 0.248 e. The predicted octanol–water partition coefficient (Wildman–Crippen LogP) is 1.81. The number of nitrogens with two attached hydrogens (primary N) is 1. The molecular weight excluding hydrogens is 262 g/mol. The van der Waals surface area contributed by atoms with E-state index >= 15 is 0 Å². The Balaban J connectivity index is 1.67. The van der Waals surface area contributed by atoms with E-state index in [0.29, 0.717) is 11.6 Å². The molecule has 1 aromatic carbocycles. The first-order chi connectivity index (χ1) is 10.0. The van der Waals surface area contributed by atoms with Crippen LogP contribution in [0.2, 0.25) is 0 Å². The molecule has 2 aliphatic rings. The van der Waals surface area contributed by atoms with Crippen molar-refractivity contribution in [1.29, 1.82) is 0 Å². The van der Waals surface area contributed by atoms with E-state index in [1.165, 1.54) is 31.2 Å². The van der Waals surface area contributed by atoms with Gasteiger partial charge in [0.25, 0.3) is 0 Å². The van der Waals surface area contributed by atoms with Gasteiger partial charge in [0.1, 0.15) is 0 Å². The molecule has 2 bridgehead atoms. The van der Waals surface area contributed by atoms with Crippen molar-refractivity contribution in [3.63, 3.8) is 0 Å². The van der Waals surface area contributed by atoms with Crippen LogP contribution >= 0.6 is 0 Å². The van der Waals surface area contributed by atoms with E-state index in [0.717, 1.165) is 24.2 Å². The predicted molar refractivity (Wildman–Crippen MR) is 84.1 cm³/mol. The number of rotatable bonds is 4. The van der Waals surface area contributed by atoms with Gasteiger partial charge in [-0.2, -0.15) is 0 Å². The van der Waals surface area contributed by atoms with Gasteiger partial charge >= 0.3 is 0 Å². The zero-order valence-electron chi connectivity index (χ0n) is 12.9. The Morgan fingerprint density at radius 1 is 1.33 bits per heavy atom. The molecule has 2 heterocycles. The normalized spacial score (nSPS) is 28.0. The van der Waals surface area contributed by atoms with E-state index in [1.54, 1.807) is 0 Å². The molecule has 0 spiro atoms. The maximum absolute atomic E-state index is 11.2. The Morgan fingerprint density at radius 2 is 2.00 bits per heavy atom. The van der Waals surface area contributed by atoms with Gasteiger partial charge in [0.15, 0.2) is 0 Å². The van der Waals surface area contributed by atoms with Crippen molar-refractivity contribution in [2.45, 2.75) is 57.3 Å². The first-order valence-corrected chi connectivity index (χ1v) is 7.88. The molecule has 0 radical (unpaired) electrons. The van der Waals surface area contributed by atoms with E-state index in [-0.39, 0.29) is 5.91 Å². The number of nitrogens with one attached hydrogen (secondary N) is 1. The fraction of sp³-hybridized carbons (Fsp3) is 0.588. The van der Waals surface area contributed by atoms with E-state index < -0.39 is 0 Å². The molecule has 2 saturated heterocycles. The maximum atomic E-state index is 11.2. The number of nitrogens with zero attached hydrogens (tertiary/aromatic N) is 1. The summed E-state index contributed by atoms with van der Waals surface area (Å²) in [6, 6.07) is 7.88. The minimum absolute atomic E-state index is 0.354.